The van der Waals surface area contributed by atoms with Crippen LogP contribution in [0.25, 0.3) is 0 Å². The summed E-state index contributed by atoms with van der Waals surface area (Å²) >= 11 is 0. The van der Waals surface area contributed by atoms with Crippen LogP contribution >= 0.6 is 0 Å². The number of piperidine rings is 1. The van der Waals surface area contributed by atoms with Crippen LogP contribution in [0, 0.1) is 11.8 Å². The number of nitrogens with zero attached hydrogens (tertiary/aromatic N) is 2. The lowest BCUT2D eigenvalue weighted by molar-refractivity contribution is -0.137. The van der Waals surface area contributed by atoms with E-state index in [1.54, 1.807) is 0 Å². The number of amides is 2. The van der Waals surface area contributed by atoms with E-state index in [0.29, 0.717) is 11.8 Å². The van der Waals surface area contributed by atoms with Gasteiger partial charge in [-0.25, -0.2) is 4.79 Å². The van der Waals surface area contributed by atoms with Crippen LogP contribution in [0.3, 0.4) is 0 Å². The van der Waals surface area contributed by atoms with Gasteiger partial charge < -0.3 is 14.9 Å². The van der Waals surface area contributed by atoms with Gasteiger partial charge >= 0.3 is 12.0 Å². The number of carbonyl (C=O) groups excluding carboxylic acids is 1. The van der Waals surface area contributed by atoms with Gasteiger partial charge in [0.1, 0.15) is 0 Å². The molecule has 1 N–H and O–H groups in total. The molecule has 0 aromatic rings. The third kappa shape index (κ3) is 4.69. The highest BCUT2D eigenvalue weighted by atomic mass is 16.4. The van der Waals surface area contributed by atoms with Gasteiger partial charge in [0.25, 0.3) is 0 Å². The molecule has 0 aromatic heterocycles. The Morgan fingerprint density at radius 3 is 2.25 bits per heavy atom. The summed E-state index contributed by atoms with van der Waals surface area (Å²) in [6.45, 7) is 7.80. The maximum atomic E-state index is 12.4. The van der Waals surface area contributed by atoms with Gasteiger partial charge in [0.15, 0.2) is 0 Å². The van der Waals surface area contributed by atoms with Gasteiger partial charge in [-0.1, -0.05) is 13.8 Å². The topological polar surface area (TPSA) is 60.9 Å². The van der Waals surface area contributed by atoms with Crippen LogP contribution in [0.2, 0.25) is 0 Å². The average Bonchev–Trinajstić information content (AvgIpc) is 2.43. The second-order valence-electron chi connectivity index (χ2n) is 6.24. The van der Waals surface area contributed by atoms with Crippen LogP contribution in [0.1, 0.15) is 46.5 Å². The number of carboxylic acid groups (broad SMARTS) is 1. The van der Waals surface area contributed by atoms with Crippen molar-refractivity contribution >= 4 is 12.0 Å². The van der Waals surface area contributed by atoms with E-state index in [0.717, 1.165) is 32.4 Å². The van der Waals surface area contributed by atoms with Crippen LogP contribution in [0.5, 0.6) is 0 Å². The minimum Gasteiger partial charge on any atom is -0.481 e. The van der Waals surface area contributed by atoms with Gasteiger partial charge in [-0.05, 0) is 38.0 Å². The Morgan fingerprint density at radius 1 is 1.25 bits per heavy atom. The van der Waals surface area contributed by atoms with Crippen molar-refractivity contribution < 1.29 is 14.7 Å². The monoisotopic (exact) mass is 284 g/mol. The number of aliphatic carboxylic acids is 1. The molecule has 5 nitrogen and oxygen atoms in total. The van der Waals surface area contributed by atoms with Gasteiger partial charge in [-0.3, -0.25) is 4.79 Å². The molecule has 116 valence electrons. The van der Waals surface area contributed by atoms with Crippen molar-refractivity contribution in [3.05, 3.63) is 0 Å². The number of carboxylic acids is 1. The first kappa shape index (κ1) is 16.8. The summed E-state index contributed by atoms with van der Waals surface area (Å²) in [5.74, 6) is 0.161. The van der Waals surface area contributed by atoms with E-state index in [4.69, 9.17) is 5.11 Å². The summed E-state index contributed by atoms with van der Waals surface area (Å²) in [5.41, 5.74) is 0. The van der Waals surface area contributed by atoms with Gasteiger partial charge in [-0.2, -0.15) is 0 Å². The Bertz CT molecular complexity index is 336. The van der Waals surface area contributed by atoms with E-state index in [9.17, 15) is 9.59 Å². The zero-order valence-electron chi connectivity index (χ0n) is 13.1. The molecule has 0 bridgehead atoms. The Kier molecular flexibility index (Phi) is 6.30. The molecule has 1 atom stereocenters. The number of hydrogen-bond acceptors (Lipinski definition) is 2. The molecule has 0 aliphatic carbocycles. The Labute approximate surface area is 121 Å². The number of hydrogen-bond donors (Lipinski definition) is 1. The summed E-state index contributed by atoms with van der Waals surface area (Å²) in [7, 11) is 1.86. The maximum absolute atomic E-state index is 12.4. The Morgan fingerprint density at radius 2 is 1.80 bits per heavy atom. The van der Waals surface area contributed by atoms with Crippen molar-refractivity contribution in [2.45, 2.75) is 52.5 Å². The van der Waals surface area contributed by atoms with Crippen LogP contribution in [-0.4, -0.2) is 53.1 Å². The minimum absolute atomic E-state index is 0.0999. The maximum Gasteiger partial charge on any atom is 0.319 e. The molecule has 1 rings (SSSR count). The number of carbonyl (C=O) groups is 2. The van der Waals surface area contributed by atoms with Crippen molar-refractivity contribution in [2.75, 3.05) is 20.1 Å². The van der Waals surface area contributed by atoms with Gasteiger partial charge in [0.2, 0.25) is 0 Å². The molecule has 1 aliphatic rings. The first-order chi connectivity index (χ1) is 9.32. The summed E-state index contributed by atoms with van der Waals surface area (Å²) in [4.78, 5) is 26.7. The quantitative estimate of drug-likeness (QED) is 0.844. The fourth-order valence-electron chi connectivity index (χ4n) is 2.59. The molecule has 1 saturated heterocycles. The van der Waals surface area contributed by atoms with Crippen molar-refractivity contribution in [3.8, 4) is 0 Å². The second-order valence-corrected chi connectivity index (χ2v) is 6.24. The first-order valence-electron chi connectivity index (χ1n) is 7.56. The molecule has 1 unspecified atom stereocenters. The predicted molar refractivity (Wildman–Crippen MR) is 78.6 cm³/mol. The van der Waals surface area contributed by atoms with Crippen molar-refractivity contribution in [3.63, 3.8) is 0 Å². The first-order valence-corrected chi connectivity index (χ1v) is 7.56. The van der Waals surface area contributed by atoms with Crippen molar-refractivity contribution in [2.24, 2.45) is 11.8 Å². The smallest absolute Gasteiger partial charge is 0.319 e. The lowest BCUT2D eigenvalue weighted by Crippen LogP contribution is -2.49. The van der Waals surface area contributed by atoms with E-state index in [1.807, 2.05) is 16.8 Å². The molecule has 0 radical (unpaired) electrons. The summed E-state index contributed by atoms with van der Waals surface area (Å²) in [6.07, 6.45) is 2.81. The van der Waals surface area contributed by atoms with E-state index in [1.165, 1.54) is 0 Å². The van der Waals surface area contributed by atoms with E-state index in [2.05, 4.69) is 20.8 Å². The molecule has 0 spiro atoms. The summed E-state index contributed by atoms with van der Waals surface area (Å²) in [5, 5.41) is 8.70. The second kappa shape index (κ2) is 7.50. The zero-order valence-corrected chi connectivity index (χ0v) is 13.1. The zero-order chi connectivity index (χ0) is 15.3. The third-order valence-electron chi connectivity index (χ3n) is 4.53. The fourth-order valence-corrected chi connectivity index (χ4v) is 2.59. The molecule has 0 aromatic carbocycles. The van der Waals surface area contributed by atoms with E-state index in [-0.39, 0.29) is 18.5 Å². The van der Waals surface area contributed by atoms with Gasteiger partial charge in [-0.15, -0.1) is 0 Å². The number of likely N-dealkylation sites (tertiary alicyclic amines) is 1. The Balaban J connectivity index is 2.40. The molecule has 1 aliphatic heterocycles. The van der Waals surface area contributed by atoms with E-state index < -0.39 is 5.97 Å². The average molecular weight is 284 g/mol. The lowest BCUT2D eigenvalue weighted by Gasteiger charge is -2.37. The van der Waals surface area contributed by atoms with Crippen LogP contribution < -0.4 is 0 Å². The normalized spacial score (nSPS) is 18.1. The molecular formula is C15H28N2O3. The highest BCUT2D eigenvalue weighted by Crippen LogP contribution is 2.23. The van der Waals surface area contributed by atoms with Crippen LogP contribution in [-0.2, 0) is 4.79 Å². The van der Waals surface area contributed by atoms with Crippen molar-refractivity contribution in [1.29, 1.82) is 0 Å². The molecule has 2 amide bonds. The standard InChI is InChI=1S/C15H28N2O3/c1-11(2)12(3)16(4)15(20)17-9-7-13(8-10-17)5-6-14(18)19/h11-13H,5-10H2,1-4H3,(H,18,19). The molecule has 0 saturated carbocycles. The molecule has 1 heterocycles. The highest BCUT2D eigenvalue weighted by molar-refractivity contribution is 5.74. The van der Waals surface area contributed by atoms with E-state index >= 15 is 0 Å². The third-order valence-corrected chi connectivity index (χ3v) is 4.53. The largest absolute Gasteiger partial charge is 0.481 e. The van der Waals surface area contributed by atoms with Crippen LogP contribution in [0.15, 0.2) is 0 Å². The Hall–Kier alpha value is -1.26. The molecule has 5 heteroatoms. The highest BCUT2D eigenvalue weighted by Gasteiger charge is 2.27. The van der Waals surface area contributed by atoms with Crippen molar-refractivity contribution in [1.82, 2.24) is 9.80 Å². The molecule has 20 heavy (non-hydrogen) atoms. The molecular weight excluding hydrogens is 256 g/mol. The number of urea groups is 1. The van der Waals surface area contributed by atoms with Gasteiger partial charge in [0, 0.05) is 32.6 Å². The minimum atomic E-state index is -0.728. The molecule has 1 fully saturated rings. The lowest BCUT2D eigenvalue weighted by atomic mass is 9.92. The fraction of sp³-hybridized carbons (Fsp3) is 0.867. The summed E-state index contributed by atoms with van der Waals surface area (Å²) in [6, 6.07) is 0.329. The van der Waals surface area contributed by atoms with Gasteiger partial charge in [0.05, 0.1) is 0 Å². The summed E-state index contributed by atoms with van der Waals surface area (Å²) < 4.78 is 0. The predicted octanol–water partition coefficient (Wildman–Crippen LogP) is 2.66. The number of rotatable bonds is 5. The SMILES string of the molecule is CC(C)C(C)N(C)C(=O)N1CCC(CCC(=O)O)CC1. The van der Waals surface area contributed by atoms with Crippen LogP contribution in [0.4, 0.5) is 4.79 Å².